The van der Waals surface area contributed by atoms with Crippen molar-refractivity contribution in [1.82, 2.24) is 0 Å². The van der Waals surface area contributed by atoms with Gasteiger partial charge in [-0.25, -0.2) is 0 Å². The van der Waals surface area contributed by atoms with Crippen LogP contribution < -0.4 is 5.73 Å². The summed E-state index contributed by atoms with van der Waals surface area (Å²) in [6.45, 7) is 0. The molecular weight excluding hydrogens is 230 g/mol. The lowest BCUT2D eigenvalue weighted by Gasteiger charge is -1.99. The van der Waals surface area contributed by atoms with Crippen molar-refractivity contribution < 1.29 is 9.72 Å². The summed E-state index contributed by atoms with van der Waals surface area (Å²) in [5.41, 5.74) is 5.40. The van der Waals surface area contributed by atoms with E-state index in [0.717, 1.165) is 11.8 Å². The summed E-state index contributed by atoms with van der Waals surface area (Å²) in [5, 5.41) is 17.2. The topological polar surface area (TPSA) is 110 Å². The Hall–Kier alpha value is -1.89. The number of nitro benzene ring substituents is 1. The van der Waals surface area contributed by atoms with Crippen molar-refractivity contribution in [3.63, 3.8) is 0 Å². The van der Waals surface area contributed by atoms with Crippen LogP contribution >= 0.6 is 11.8 Å². The molecule has 0 amide bonds. The third-order valence-electron chi connectivity index (χ3n) is 1.76. The van der Waals surface area contributed by atoms with Gasteiger partial charge in [0.25, 0.3) is 5.69 Å². The SMILES string of the molecule is N=C(N)SCC(=O)c1ccc([N+](=O)[O-])cc1. The number of Topliss-reactive ketones (excluding diaryl/α,β-unsaturated/α-hetero) is 1. The zero-order valence-electron chi connectivity index (χ0n) is 8.17. The molecular formula is C9H9N3O3S. The van der Waals surface area contributed by atoms with E-state index in [-0.39, 0.29) is 22.4 Å². The molecule has 0 aliphatic carbocycles. The molecule has 0 aliphatic heterocycles. The fraction of sp³-hybridized carbons (Fsp3) is 0.111. The van der Waals surface area contributed by atoms with Crippen molar-refractivity contribution in [3.05, 3.63) is 39.9 Å². The number of hydrogen-bond acceptors (Lipinski definition) is 5. The predicted molar refractivity (Wildman–Crippen MR) is 61.8 cm³/mol. The number of hydrogen-bond donors (Lipinski definition) is 2. The zero-order chi connectivity index (χ0) is 12.1. The molecule has 0 atom stereocenters. The molecule has 3 N–H and O–H groups in total. The molecule has 0 aliphatic rings. The standard InChI is InChI=1S/C9H9N3O3S/c10-9(11)16-5-8(13)6-1-3-7(4-2-6)12(14)15/h1-4H,5H2,(H3,10,11). The van der Waals surface area contributed by atoms with Gasteiger partial charge in [0, 0.05) is 17.7 Å². The highest BCUT2D eigenvalue weighted by molar-refractivity contribution is 8.14. The first kappa shape index (κ1) is 12.2. The second-order valence-electron chi connectivity index (χ2n) is 2.88. The lowest BCUT2D eigenvalue weighted by Crippen LogP contribution is -2.10. The van der Waals surface area contributed by atoms with Crippen LogP contribution in [0.5, 0.6) is 0 Å². The summed E-state index contributed by atoms with van der Waals surface area (Å²) < 4.78 is 0. The van der Waals surface area contributed by atoms with Crippen molar-refractivity contribution in [2.45, 2.75) is 0 Å². The van der Waals surface area contributed by atoms with Gasteiger partial charge in [-0.1, -0.05) is 11.8 Å². The number of nitrogens with one attached hydrogen (secondary N) is 1. The van der Waals surface area contributed by atoms with Crippen molar-refractivity contribution >= 4 is 28.4 Å². The number of thioether (sulfide) groups is 1. The van der Waals surface area contributed by atoms with E-state index >= 15 is 0 Å². The number of nitrogens with two attached hydrogens (primary N) is 1. The average molecular weight is 239 g/mol. The number of nitro groups is 1. The minimum Gasteiger partial charge on any atom is -0.379 e. The molecule has 0 heterocycles. The van der Waals surface area contributed by atoms with Gasteiger partial charge in [0.2, 0.25) is 0 Å². The minimum absolute atomic E-state index is 0.0595. The highest BCUT2D eigenvalue weighted by atomic mass is 32.2. The van der Waals surface area contributed by atoms with E-state index in [1.54, 1.807) is 0 Å². The Morgan fingerprint density at radius 2 is 2.00 bits per heavy atom. The lowest BCUT2D eigenvalue weighted by molar-refractivity contribution is -0.384. The van der Waals surface area contributed by atoms with Crippen LogP contribution in [0.25, 0.3) is 0 Å². The van der Waals surface area contributed by atoms with E-state index in [0.29, 0.717) is 5.56 Å². The van der Waals surface area contributed by atoms with Gasteiger partial charge in [0.15, 0.2) is 11.0 Å². The van der Waals surface area contributed by atoms with Gasteiger partial charge in [-0.3, -0.25) is 20.3 Å². The van der Waals surface area contributed by atoms with Crippen LogP contribution in [-0.2, 0) is 0 Å². The highest BCUT2D eigenvalue weighted by Gasteiger charge is 2.09. The number of benzene rings is 1. The quantitative estimate of drug-likeness (QED) is 0.271. The normalized spacial score (nSPS) is 9.75. The van der Waals surface area contributed by atoms with E-state index in [4.69, 9.17) is 11.1 Å². The molecule has 0 unspecified atom stereocenters. The summed E-state index contributed by atoms with van der Waals surface area (Å²) in [6.07, 6.45) is 0. The molecule has 0 saturated heterocycles. The Labute approximate surface area is 95.5 Å². The maximum absolute atomic E-state index is 11.5. The van der Waals surface area contributed by atoms with Gasteiger partial charge in [0.1, 0.15) is 0 Å². The van der Waals surface area contributed by atoms with Gasteiger partial charge in [-0.15, -0.1) is 0 Å². The second-order valence-corrected chi connectivity index (χ2v) is 3.90. The summed E-state index contributed by atoms with van der Waals surface area (Å²) in [7, 11) is 0. The zero-order valence-corrected chi connectivity index (χ0v) is 8.99. The Bertz CT molecular complexity index is 430. The highest BCUT2D eigenvalue weighted by Crippen LogP contribution is 2.13. The molecule has 84 valence electrons. The van der Waals surface area contributed by atoms with Crippen LogP contribution in [0.15, 0.2) is 24.3 Å². The van der Waals surface area contributed by atoms with E-state index in [1.807, 2.05) is 0 Å². The molecule has 16 heavy (non-hydrogen) atoms. The molecule has 6 nitrogen and oxygen atoms in total. The molecule has 0 bridgehead atoms. The molecule has 7 heteroatoms. The maximum atomic E-state index is 11.5. The summed E-state index contributed by atoms with van der Waals surface area (Å²) >= 11 is 0.922. The number of non-ortho nitro benzene ring substituents is 1. The van der Waals surface area contributed by atoms with Crippen molar-refractivity contribution in [2.75, 3.05) is 5.75 Å². The molecule has 0 saturated carbocycles. The summed E-state index contributed by atoms with van der Waals surface area (Å²) in [6, 6.07) is 5.32. The number of carbonyl (C=O) groups is 1. The Morgan fingerprint density at radius 3 is 2.44 bits per heavy atom. The molecule has 0 radical (unpaired) electrons. The Morgan fingerprint density at radius 1 is 1.44 bits per heavy atom. The molecule has 0 spiro atoms. The number of amidine groups is 1. The molecule has 1 aromatic rings. The van der Waals surface area contributed by atoms with Crippen molar-refractivity contribution in [2.24, 2.45) is 5.73 Å². The minimum atomic E-state index is -0.529. The van der Waals surface area contributed by atoms with Gasteiger partial charge < -0.3 is 5.73 Å². The largest absolute Gasteiger partial charge is 0.379 e. The van der Waals surface area contributed by atoms with Crippen LogP contribution in [0, 0.1) is 15.5 Å². The predicted octanol–water partition coefficient (Wildman–Crippen LogP) is 1.40. The third-order valence-corrected chi connectivity index (χ3v) is 2.48. The van der Waals surface area contributed by atoms with Gasteiger partial charge in [-0.05, 0) is 12.1 Å². The second kappa shape index (κ2) is 5.26. The number of rotatable bonds is 4. The fourth-order valence-corrected chi connectivity index (χ4v) is 1.45. The Balaban J connectivity index is 2.70. The van der Waals surface area contributed by atoms with Crippen LogP contribution in [0.4, 0.5) is 5.69 Å². The first-order valence-corrected chi connectivity index (χ1v) is 5.23. The van der Waals surface area contributed by atoms with Gasteiger partial charge >= 0.3 is 0 Å². The van der Waals surface area contributed by atoms with Crippen molar-refractivity contribution in [1.29, 1.82) is 5.41 Å². The van der Waals surface area contributed by atoms with Crippen LogP contribution in [0.2, 0.25) is 0 Å². The number of nitrogens with zero attached hydrogens (tertiary/aromatic N) is 1. The summed E-state index contributed by atoms with van der Waals surface area (Å²) in [4.78, 5) is 21.3. The molecule has 0 aromatic heterocycles. The van der Waals surface area contributed by atoms with Gasteiger partial charge in [-0.2, -0.15) is 0 Å². The lowest BCUT2D eigenvalue weighted by atomic mass is 10.1. The average Bonchev–Trinajstić information content (AvgIpc) is 2.26. The molecule has 1 aromatic carbocycles. The van der Waals surface area contributed by atoms with Crippen molar-refractivity contribution in [3.8, 4) is 0 Å². The summed E-state index contributed by atoms with van der Waals surface area (Å²) in [5.74, 6) is -0.150. The van der Waals surface area contributed by atoms with Gasteiger partial charge in [0.05, 0.1) is 10.7 Å². The first-order chi connectivity index (χ1) is 7.50. The van der Waals surface area contributed by atoms with Crippen LogP contribution in [0.3, 0.4) is 0 Å². The maximum Gasteiger partial charge on any atom is 0.269 e. The number of ketones is 1. The molecule has 1 rings (SSSR count). The first-order valence-electron chi connectivity index (χ1n) is 4.25. The smallest absolute Gasteiger partial charge is 0.269 e. The molecule has 0 fully saturated rings. The third kappa shape index (κ3) is 3.35. The van der Waals surface area contributed by atoms with E-state index < -0.39 is 4.92 Å². The monoisotopic (exact) mass is 239 g/mol. The van der Waals surface area contributed by atoms with Crippen LogP contribution in [0.1, 0.15) is 10.4 Å². The van der Waals surface area contributed by atoms with E-state index in [2.05, 4.69) is 0 Å². The fourth-order valence-electron chi connectivity index (χ4n) is 0.996. The van der Waals surface area contributed by atoms with Crippen LogP contribution in [-0.4, -0.2) is 21.6 Å². The number of carbonyl (C=O) groups excluding carboxylic acids is 1. The van der Waals surface area contributed by atoms with E-state index in [9.17, 15) is 14.9 Å². The Kier molecular flexibility index (Phi) is 4.01. The van der Waals surface area contributed by atoms with E-state index in [1.165, 1.54) is 24.3 Å².